The van der Waals surface area contributed by atoms with Crippen LogP contribution in [-0.2, 0) is 5.21 Å². The fourth-order valence-corrected chi connectivity index (χ4v) is 0.746. The predicted octanol–water partition coefficient (Wildman–Crippen LogP) is 2.01. The molecule has 0 saturated heterocycles. The van der Waals surface area contributed by atoms with E-state index < -0.39 is 0 Å². The van der Waals surface area contributed by atoms with Crippen molar-refractivity contribution in [2.24, 2.45) is 0 Å². The third kappa shape index (κ3) is 1.48. The van der Waals surface area contributed by atoms with Crippen LogP contribution in [0.4, 0.5) is 0 Å². The number of hydroxylamine groups is 2. The van der Waals surface area contributed by atoms with Gasteiger partial charge in [0.1, 0.15) is 0 Å². The van der Waals surface area contributed by atoms with Gasteiger partial charge in [0.05, 0.1) is 0 Å². The molecular weight excluding hydrogens is 126 g/mol. The Balaban J connectivity index is 2.81. The zero-order valence-corrected chi connectivity index (χ0v) is 6.16. The van der Waals surface area contributed by atoms with Gasteiger partial charge in [0.2, 0.25) is 0 Å². The van der Waals surface area contributed by atoms with E-state index in [0.717, 1.165) is 10.6 Å². The minimum absolute atomic E-state index is 0.784. The van der Waals surface area contributed by atoms with E-state index in [4.69, 9.17) is 0 Å². The van der Waals surface area contributed by atoms with E-state index in [1.54, 1.807) is 0 Å². The predicted molar refractivity (Wildman–Crippen MR) is 39.2 cm³/mol. The first-order valence-electron chi connectivity index (χ1n) is 3.19. The molecule has 1 aliphatic heterocycles. The van der Waals surface area contributed by atoms with E-state index >= 15 is 0 Å². The molecule has 0 atom stereocenters. The van der Waals surface area contributed by atoms with Gasteiger partial charge in [0.25, 0.3) is 0 Å². The Morgan fingerprint density at radius 1 is 1.30 bits per heavy atom. The fourth-order valence-electron chi connectivity index (χ4n) is 0.746. The Bertz CT molecular complexity index is 193. The molecule has 0 unspecified atom stereocenters. The van der Waals surface area contributed by atoms with Crippen molar-refractivity contribution in [1.29, 1.82) is 0 Å². The van der Waals surface area contributed by atoms with Gasteiger partial charge in [-0.05, 0) is 31.6 Å². The van der Waals surface area contributed by atoms with Crippen molar-refractivity contribution >= 4 is 0 Å². The van der Waals surface area contributed by atoms with Crippen LogP contribution in [0, 0.1) is 0 Å². The average molecular weight is 136 g/mol. The molecule has 10 heavy (non-hydrogen) atoms. The number of hydrogen-bond donors (Lipinski definition) is 0. The SMILES string of the molecule is CC(C)=C1C=CN([O])C=C1. The summed E-state index contributed by atoms with van der Waals surface area (Å²) >= 11 is 0. The topological polar surface area (TPSA) is 23.1 Å². The molecule has 0 fully saturated rings. The lowest BCUT2D eigenvalue weighted by atomic mass is 10.1. The number of allylic oxidation sites excluding steroid dienone is 4. The quantitative estimate of drug-likeness (QED) is 0.499. The van der Waals surface area contributed by atoms with E-state index in [2.05, 4.69) is 0 Å². The second kappa shape index (κ2) is 2.71. The summed E-state index contributed by atoms with van der Waals surface area (Å²) in [4.78, 5) is 0. The first-order valence-corrected chi connectivity index (χ1v) is 3.19. The van der Waals surface area contributed by atoms with Gasteiger partial charge in [-0.2, -0.15) is 0 Å². The van der Waals surface area contributed by atoms with Crippen molar-refractivity contribution in [2.45, 2.75) is 13.8 Å². The number of nitrogens with zero attached hydrogens (tertiary/aromatic N) is 1. The van der Waals surface area contributed by atoms with Crippen molar-refractivity contribution in [3.05, 3.63) is 35.7 Å². The van der Waals surface area contributed by atoms with E-state index in [9.17, 15) is 5.21 Å². The van der Waals surface area contributed by atoms with Crippen molar-refractivity contribution in [2.75, 3.05) is 0 Å². The molecule has 1 rings (SSSR count). The van der Waals surface area contributed by atoms with Crippen molar-refractivity contribution in [1.82, 2.24) is 5.06 Å². The van der Waals surface area contributed by atoms with E-state index in [0.29, 0.717) is 0 Å². The molecule has 2 nitrogen and oxygen atoms in total. The molecular formula is C8H10NO. The van der Waals surface area contributed by atoms with E-state index in [-0.39, 0.29) is 0 Å². The summed E-state index contributed by atoms with van der Waals surface area (Å²) in [7, 11) is 0. The van der Waals surface area contributed by atoms with Crippen LogP contribution >= 0.6 is 0 Å². The highest BCUT2D eigenvalue weighted by atomic mass is 16.5. The Labute approximate surface area is 60.7 Å². The third-order valence-corrected chi connectivity index (χ3v) is 1.38. The maximum Gasteiger partial charge on any atom is 0.0364 e. The monoisotopic (exact) mass is 136 g/mol. The zero-order valence-electron chi connectivity index (χ0n) is 6.16. The molecule has 0 bridgehead atoms. The third-order valence-electron chi connectivity index (χ3n) is 1.38. The minimum Gasteiger partial charge on any atom is -0.203 e. The summed E-state index contributed by atoms with van der Waals surface area (Å²) < 4.78 is 0. The molecule has 1 aliphatic rings. The van der Waals surface area contributed by atoms with Gasteiger partial charge in [-0.1, -0.05) is 10.8 Å². The highest BCUT2D eigenvalue weighted by molar-refractivity contribution is 5.35. The molecule has 0 saturated carbocycles. The van der Waals surface area contributed by atoms with Gasteiger partial charge in [0.15, 0.2) is 0 Å². The summed E-state index contributed by atoms with van der Waals surface area (Å²) in [6, 6.07) is 0. The van der Waals surface area contributed by atoms with Crippen molar-refractivity contribution in [3.8, 4) is 0 Å². The summed E-state index contributed by atoms with van der Waals surface area (Å²) in [6.45, 7) is 4.04. The second-order valence-corrected chi connectivity index (χ2v) is 2.45. The molecule has 2 heteroatoms. The molecule has 53 valence electrons. The van der Waals surface area contributed by atoms with Crippen LogP contribution in [0.2, 0.25) is 0 Å². The maximum atomic E-state index is 10.6. The largest absolute Gasteiger partial charge is 0.203 e. The van der Waals surface area contributed by atoms with Gasteiger partial charge in [-0.15, -0.1) is 0 Å². The normalized spacial score (nSPS) is 16.3. The first-order chi connectivity index (χ1) is 4.70. The molecule has 0 aromatic carbocycles. The summed E-state index contributed by atoms with van der Waals surface area (Å²) in [5, 5.41) is 11.3. The molecule has 0 aromatic heterocycles. The van der Waals surface area contributed by atoms with Crippen LogP contribution in [0.1, 0.15) is 13.8 Å². The molecule has 0 aromatic rings. The molecule has 1 radical (unpaired) electrons. The smallest absolute Gasteiger partial charge is 0.0364 e. The lowest BCUT2D eigenvalue weighted by Crippen LogP contribution is -2.02. The number of rotatable bonds is 0. The number of hydrogen-bond acceptors (Lipinski definition) is 1. The van der Waals surface area contributed by atoms with Crippen molar-refractivity contribution in [3.63, 3.8) is 0 Å². The molecule has 0 spiro atoms. The van der Waals surface area contributed by atoms with Crippen LogP contribution in [0.3, 0.4) is 0 Å². The van der Waals surface area contributed by atoms with Crippen LogP contribution in [0.5, 0.6) is 0 Å². The maximum absolute atomic E-state index is 10.6. The summed E-state index contributed by atoms with van der Waals surface area (Å²) in [5.74, 6) is 0. The van der Waals surface area contributed by atoms with Crippen molar-refractivity contribution < 1.29 is 5.21 Å². The summed E-state index contributed by atoms with van der Waals surface area (Å²) in [6.07, 6.45) is 6.62. The minimum atomic E-state index is 0.784. The van der Waals surface area contributed by atoms with Gasteiger partial charge < -0.3 is 0 Å². The highest BCUT2D eigenvalue weighted by Crippen LogP contribution is 2.11. The average Bonchev–Trinajstić information content (AvgIpc) is 1.88. The molecule has 0 aliphatic carbocycles. The van der Waals surface area contributed by atoms with Gasteiger partial charge >= 0.3 is 0 Å². The summed E-state index contributed by atoms with van der Waals surface area (Å²) in [5.41, 5.74) is 2.34. The molecule has 0 amide bonds. The second-order valence-electron chi connectivity index (χ2n) is 2.45. The fraction of sp³-hybridized carbons (Fsp3) is 0.250. The van der Waals surface area contributed by atoms with Crippen LogP contribution in [-0.4, -0.2) is 5.06 Å². The zero-order chi connectivity index (χ0) is 7.56. The lowest BCUT2D eigenvalue weighted by molar-refractivity contribution is -0.0689. The Morgan fingerprint density at radius 3 is 2.20 bits per heavy atom. The van der Waals surface area contributed by atoms with E-state index in [1.165, 1.54) is 18.0 Å². The van der Waals surface area contributed by atoms with Gasteiger partial charge in [0, 0.05) is 12.4 Å². The Hall–Kier alpha value is -1.02. The lowest BCUT2D eigenvalue weighted by Gasteiger charge is -2.08. The van der Waals surface area contributed by atoms with Gasteiger partial charge in [-0.25, -0.2) is 5.06 Å². The standard InChI is InChI=1S/C8H10NO/c1-7(2)8-3-5-9(10)6-4-8/h3-6H,1-2H3. The van der Waals surface area contributed by atoms with Crippen LogP contribution in [0.15, 0.2) is 35.7 Å². The first kappa shape index (κ1) is 7.09. The van der Waals surface area contributed by atoms with Crippen LogP contribution in [0.25, 0.3) is 0 Å². The van der Waals surface area contributed by atoms with Crippen LogP contribution < -0.4 is 0 Å². The Morgan fingerprint density at radius 2 is 1.80 bits per heavy atom. The van der Waals surface area contributed by atoms with E-state index in [1.807, 2.05) is 26.0 Å². The molecule has 1 heterocycles. The Kier molecular flexibility index (Phi) is 1.92. The van der Waals surface area contributed by atoms with Gasteiger partial charge in [-0.3, -0.25) is 0 Å². The molecule has 0 N–H and O–H groups in total. The highest BCUT2D eigenvalue weighted by Gasteiger charge is 1.97.